The van der Waals surface area contributed by atoms with Gasteiger partial charge < -0.3 is 5.73 Å². The van der Waals surface area contributed by atoms with E-state index < -0.39 is 17.9 Å². The minimum Gasteiger partial charge on any atom is -0.397 e. The van der Waals surface area contributed by atoms with E-state index in [4.69, 9.17) is 5.73 Å². The van der Waals surface area contributed by atoms with Crippen LogP contribution in [0, 0.1) is 12.7 Å². The predicted molar refractivity (Wildman–Crippen MR) is 89.6 cm³/mol. The maximum Gasteiger partial charge on any atom is 0.277 e. The van der Waals surface area contributed by atoms with Crippen LogP contribution < -0.4 is 5.73 Å². The van der Waals surface area contributed by atoms with Crippen LogP contribution in [-0.4, -0.2) is 19.2 Å². The normalized spacial score (nSPS) is 16.1. The molecule has 0 amide bonds. The number of hydrogen-bond donors (Lipinski definition) is 1. The molecular weight excluding hydrogens is 301 g/mol. The minimum absolute atomic E-state index is 0.101. The molecule has 23 heavy (non-hydrogen) atoms. The molecule has 128 valence electrons. The van der Waals surface area contributed by atoms with E-state index in [0.29, 0.717) is 0 Å². The molecule has 0 radical (unpaired) electrons. The highest BCUT2D eigenvalue weighted by molar-refractivity contribution is 6.09. The molecule has 1 aliphatic carbocycles. The minimum atomic E-state index is -2.78. The second kappa shape index (κ2) is 10.1. The van der Waals surface area contributed by atoms with E-state index in [-0.39, 0.29) is 11.3 Å². The Balaban J connectivity index is 0.000000366. The molecule has 1 aromatic rings. The van der Waals surface area contributed by atoms with Crippen LogP contribution in [0.25, 0.3) is 0 Å². The van der Waals surface area contributed by atoms with Crippen molar-refractivity contribution in [1.82, 2.24) is 0 Å². The Morgan fingerprint density at radius 1 is 1.13 bits per heavy atom. The summed E-state index contributed by atoms with van der Waals surface area (Å²) in [7, 11) is 1.40. The highest BCUT2D eigenvalue weighted by Crippen LogP contribution is 2.15. The number of hydrogen-bond acceptors (Lipinski definition) is 2. The van der Waals surface area contributed by atoms with Crippen LogP contribution >= 0.6 is 0 Å². The fourth-order valence-corrected chi connectivity index (χ4v) is 2.38. The third-order valence-electron chi connectivity index (χ3n) is 3.69. The number of nitrogens with zero attached hydrogens (tertiary/aromatic N) is 1. The summed E-state index contributed by atoms with van der Waals surface area (Å²) in [5.41, 5.74) is 5.57. The molecule has 0 aliphatic heterocycles. The van der Waals surface area contributed by atoms with Crippen molar-refractivity contribution in [3.05, 3.63) is 46.9 Å². The van der Waals surface area contributed by atoms with Crippen molar-refractivity contribution in [3.8, 4) is 0 Å². The first-order valence-electron chi connectivity index (χ1n) is 7.94. The number of alkyl halides is 2. The monoisotopic (exact) mass is 326 g/mol. The van der Waals surface area contributed by atoms with E-state index in [0.717, 1.165) is 11.6 Å². The van der Waals surface area contributed by atoms with Crippen molar-refractivity contribution in [3.63, 3.8) is 0 Å². The number of rotatable bonds is 3. The van der Waals surface area contributed by atoms with Crippen molar-refractivity contribution in [2.24, 2.45) is 10.7 Å². The van der Waals surface area contributed by atoms with Crippen molar-refractivity contribution < 1.29 is 13.2 Å². The molecule has 0 saturated heterocycles. The van der Waals surface area contributed by atoms with E-state index in [1.165, 1.54) is 57.7 Å². The second-order valence-electron chi connectivity index (χ2n) is 5.66. The average Bonchev–Trinajstić information content (AvgIpc) is 2.57. The summed E-state index contributed by atoms with van der Waals surface area (Å²) in [4.78, 5) is 3.77. The van der Waals surface area contributed by atoms with Crippen molar-refractivity contribution in [1.29, 1.82) is 0 Å². The van der Waals surface area contributed by atoms with Crippen LogP contribution in [0.1, 0.15) is 49.7 Å². The largest absolute Gasteiger partial charge is 0.397 e. The van der Waals surface area contributed by atoms with Gasteiger partial charge in [-0.15, -0.1) is 0 Å². The average molecular weight is 326 g/mol. The molecule has 2 rings (SSSR count). The predicted octanol–water partition coefficient (Wildman–Crippen LogP) is 5.00. The Labute approximate surface area is 136 Å². The van der Waals surface area contributed by atoms with Crippen molar-refractivity contribution >= 4 is 5.71 Å². The first kappa shape index (κ1) is 19.3. The quantitative estimate of drug-likeness (QED) is 0.780. The lowest BCUT2D eigenvalue weighted by Crippen LogP contribution is -2.12. The van der Waals surface area contributed by atoms with Gasteiger partial charge in [-0.3, -0.25) is 4.99 Å². The Kier molecular flexibility index (Phi) is 8.45. The lowest BCUT2D eigenvalue weighted by Gasteiger charge is -2.06. The fourth-order valence-electron chi connectivity index (χ4n) is 2.38. The van der Waals surface area contributed by atoms with Gasteiger partial charge in [0.1, 0.15) is 5.82 Å². The number of halogens is 3. The van der Waals surface area contributed by atoms with Gasteiger partial charge in [-0.2, -0.15) is 0 Å². The fraction of sp³-hybridized carbons (Fsp3) is 0.500. The molecule has 2 nitrogen and oxygen atoms in total. The first-order valence-corrected chi connectivity index (χ1v) is 7.94. The van der Waals surface area contributed by atoms with Crippen molar-refractivity contribution in [2.45, 2.75) is 51.9 Å². The maximum atomic E-state index is 13.5. The first-order chi connectivity index (χ1) is 11.0. The highest BCUT2D eigenvalue weighted by atomic mass is 19.3. The van der Waals surface area contributed by atoms with Crippen LogP contribution in [-0.2, 0) is 0 Å². The molecule has 2 N–H and O–H groups in total. The second-order valence-corrected chi connectivity index (χ2v) is 5.66. The standard InChI is InChI=1S/C12H13F3N2.C6H12/c1-7-3-4-9(13)8(5-7)11(17-2)6-10(16)12(14)15;1-2-4-6-5-3-1/h3-6,12H,16H2,1-2H3;1-6H2/b10-6-,17-11?;. The van der Waals surface area contributed by atoms with Gasteiger partial charge in [-0.1, -0.05) is 50.2 Å². The van der Waals surface area contributed by atoms with Gasteiger partial charge in [0.2, 0.25) is 0 Å². The summed E-state index contributed by atoms with van der Waals surface area (Å²) in [5.74, 6) is -0.519. The zero-order valence-corrected chi connectivity index (χ0v) is 13.8. The number of nitrogens with two attached hydrogens (primary N) is 1. The van der Waals surface area contributed by atoms with Gasteiger partial charge in [0, 0.05) is 12.6 Å². The molecule has 1 fully saturated rings. The molecule has 0 unspecified atom stereocenters. The van der Waals surface area contributed by atoms with Gasteiger partial charge in [0.05, 0.1) is 11.4 Å². The molecule has 1 saturated carbocycles. The van der Waals surface area contributed by atoms with E-state index in [2.05, 4.69) is 4.99 Å². The van der Waals surface area contributed by atoms with E-state index in [1.54, 1.807) is 13.0 Å². The van der Waals surface area contributed by atoms with E-state index >= 15 is 0 Å². The zero-order chi connectivity index (χ0) is 17.2. The van der Waals surface area contributed by atoms with Gasteiger partial charge in [-0.05, 0) is 25.1 Å². The Morgan fingerprint density at radius 2 is 1.65 bits per heavy atom. The summed E-state index contributed by atoms with van der Waals surface area (Å²) >= 11 is 0. The van der Waals surface area contributed by atoms with Gasteiger partial charge in [0.25, 0.3) is 6.43 Å². The molecule has 0 bridgehead atoms. The number of aliphatic imine (C=N–C) groups is 1. The van der Waals surface area contributed by atoms with Gasteiger partial charge in [0.15, 0.2) is 0 Å². The topological polar surface area (TPSA) is 38.4 Å². The Morgan fingerprint density at radius 3 is 2.09 bits per heavy atom. The number of allylic oxidation sites excluding steroid dienone is 2. The summed E-state index contributed by atoms with van der Waals surface area (Å²) in [6, 6.07) is 4.39. The molecule has 5 heteroatoms. The van der Waals surface area contributed by atoms with Crippen LogP contribution in [0.4, 0.5) is 13.2 Å². The SMILES string of the molecule is C1CCCCC1.CN=C(/C=C(\N)C(F)F)c1cc(C)ccc1F. The number of benzene rings is 1. The third kappa shape index (κ3) is 6.89. The molecule has 0 spiro atoms. The smallest absolute Gasteiger partial charge is 0.277 e. The van der Waals surface area contributed by atoms with Crippen LogP contribution in [0.5, 0.6) is 0 Å². The number of aryl methyl sites for hydroxylation is 1. The summed E-state index contributed by atoms with van der Waals surface area (Å²) in [5, 5.41) is 0. The van der Waals surface area contributed by atoms with Gasteiger partial charge >= 0.3 is 0 Å². The highest BCUT2D eigenvalue weighted by Gasteiger charge is 2.11. The Bertz CT molecular complexity index is 536. The van der Waals surface area contributed by atoms with Gasteiger partial charge in [-0.25, -0.2) is 13.2 Å². The Hall–Kier alpha value is -1.78. The van der Waals surface area contributed by atoms with E-state index in [9.17, 15) is 13.2 Å². The summed E-state index contributed by atoms with van der Waals surface area (Å²) < 4.78 is 38.1. The van der Waals surface area contributed by atoms with Crippen LogP contribution in [0.15, 0.2) is 35.0 Å². The molecule has 0 heterocycles. The van der Waals surface area contributed by atoms with Crippen LogP contribution in [0.2, 0.25) is 0 Å². The van der Waals surface area contributed by atoms with Crippen LogP contribution in [0.3, 0.4) is 0 Å². The summed E-state index contributed by atoms with van der Waals surface area (Å²) in [6.07, 6.45) is 7.21. The summed E-state index contributed by atoms with van der Waals surface area (Å²) in [6.45, 7) is 1.77. The molecule has 0 atom stereocenters. The molecule has 0 aromatic heterocycles. The molecule has 1 aromatic carbocycles. The lowest BCUT2D eigenvalue weighted by atomic mass is 10.0. The van der Waals surface area contributed by atoms with Crippen molar-refractivity contribution in [2.75, 3.05) is 7.05 Å². The maximum absolute atomic E-state index is 13.5. The zero-order valence-electron chi connectivity index (χ0n) is 13.8. The lowest BCUT2D eigenvalue weighted by molar-refractivity contribution is 0.188. The molecular formula is C18H25F3N2. The van der Waals surface area contributed by atoms with E-state index in [1.807, 2.05) is 0 Å². The molecule has 1 aliphatic rings. The third-order valence-corrected chi connectivity index (χ3v) is 3.69.